The Bertz CT molecular complexity index is 1110. The lowest BCUT2D eigenvalue weighted by Gasteiger charge is -2.22. The lowest BCUT2D eigenvalue weighted by Crippen LogP contribution is -2.34. The second-order valence-electron chi connectivity index (χ2n) is 8.86. The van der Waals surface area contributed by atoms with E-state index in [2.05, 4.69) is 65.6 Å². The Kier molecular flexibility index (Phi) is 6.40. The number of nitrogens with one attached hydrogen (secondary N) is 3. The predicted octanol–water partition coefficient (Wildman–Crippen LogP) is 4.87. The van der Waals surface area contributed by atoms with Crippen LogP contribution in [0.25, 0.3) is 16.5 Å². The number of amides is 1. The molecule has 4 rings (SSSR count). The molecule has 1 aromatic carbocycles. The van der Waals surface area contributed by atoms with Gasteiger partial charge in [-0.1, -0.05) is 32.4 Å². The molecule has 0 fully saturated rings. The number of aromatic nitrogens is 2. The Balaban J connectivity index is 1.59. The highest BCUT2D eigenvalue weighted by Gasteiger charge is 2.23. The molecule has 0 atom stereocenters. The number of nitrogens with zero attached hydrogens (tertiary/aromatic N) is 1. The molecule has 162 valence electrons. The summed E-state index contributed by atoms with van der Waals surface area (Å²) in [5.41, 5.74) is 7.39. The number of hydrogen-bond acceptors (Lipinski definition) is 3. The van der Waals surface area contributed by atoms with Crippen LogP contribution in [0.3, 0.4) is 0 Å². The zero-order chi connectivity index (χ0) is 21.8. The van der Waals surface area contributed by atoms with Gasteiger partial charge in [-0.05, 0) is 60.6 Å². The van der Waals surface area contributed by atoms with Crippen molar-refractivity contribution >= 4 is 22.4 Å². The first-order valence-electron chi connectivity index (χ1n) is 11.3. The molecule has 1 aliphatic rings. The summed E-state index contributed by atoms with van der Waals surface area (Å²) in [6.45, 7) is 7.98. The van der Waals surface area contributed by atoms with Gasteiger partial charge in [-0.15, -0.1) is 0 Å². The van der Waals surface area contributed by atoms with Crippen LogP contribution in [-0.2, 0) is 17.8 Å². The van der Waals surface area contributed by atoms with Gasteiger partial charge >= 0.3 is 0 Å². The number of aryl methyl sites for hydroxylation is 2. The molecule has 5 heteroatoms. The Morgan fingerprint density at radius 2 is 2.06 bits per heavy atom. The van der Waals surface area contributed by atoms with E-state index in [9.17, 15) is 4.79 Å². The first-order valence-corrected chi connectivity index (χ1v) is 11.3. The fourth-order valence-electron chi connectivity index (χ4n) is 4.31. The van der Waals surface area contributed by atoms with E-state index in [4.69, 9.17) is 0 Å². The monoisotopic (exact) mass is 416 g/mol. The van der Waals surface area contributed by atoms with Crippen LogP contribution in [0, 0.1) is 12.8 Å². The topological polar surface area (TPSA) is 69.8 Å². The predicted molar refractivity (Wildman–Crippen MR) is 126 cm³/mol. The van der Waals surface area contributed by atoms with Gasteiger partial charge in [0.25, 0.3) is 5.91 Å². The molecule has 3 heterocycles. The van der Waals surface area contributed by atoms with Crippen LogP contribution < -0.4 is 10.6 Å². The maximum atomic E-state index is 12.8. The van der Waals surface area contributed by atoms with Crippen LogP contribution in [0.5, 0.6) is 0 Å². The Hall–Kier alpha value is -3.08. The van der Waals surface area contributed by atoms with Gasteiger partial charge in [0.1, 0.15) is 0 Å². The molecule has 0 radical (unpaired) electrons. The number of H-pyrrole nitrogens is 1. The SMILES string of the molecule is Cc1cccc2[nH]c(C3=C(NCc4ccncc4CCCC(C)C)CCNC3=O)cc12. The van der Waals surface area contributed by atoms with Crippen LogP contribution >= 0.6 is 0 Å². The van der Waals surface area contributed by atoms with Gasteiger partial charge in [-0.25, -0.2) is 0 Å². The van der Waals surface area contributed by atoms with Crippen molar-refractivity contribution in [1.29, 1.82) is 0 Å². The average molecular weight is 417 g/mol. The van der Waals surface area contributed by atoms with Gasteiger partial charge in [-0.2, -0.15) is 0 Å². The Morgan fingerprint density at radius 1 is 1.19 bits per heavy atom. The van der Waals surface area contributed by atoms with Crippen molar-refractivity contribution in [3.05, 3.63) is 70.8 Å². The molecule has 0 aliphatic carbocycles. The first-order chi connectivity index (χ1) is 15.0. The first kappa shape index (κ1) is 21.2. The summed E-state index contributed by atoms with van der Waals surface area (Å²) >= 11 is 0. The van der Waals surface area contributed by atoms with Crippen molar-refractivity contribution in [2.45, 2.75) is 53.0 Å². The van der Waals surface area contributed by atoms with Gasteiger partial charge in [0, 0.05) is 48.5 Å². The van der Waals surface area contributed by atoms with Crippen molar-refractivity contribution in [3.8, 4) is 0 Å². The van der Waals surface area contributed by atoms with Crippen LogP contribution in [-0.4, -0.2) is 22.4 Å². The zero-order valence-electron chi connectivity index (χ0n) is 18.7. The summed E-state index contributed by atoms with van der Waals surface area (Å²) in [5.74, 6) is 0.691. The zero-order valence-corrected chi connectivity index (χ0v) is 18.7. The van der Waals surface area contributed by atoms with Crippen LogP contribution in [0.1, 0.15) is 55.5 Å². The largest absolute Gasteiger partial charge is 0.383 e. The standard InChI is InChI=1S/C26H32N4O/c1-17(2)6-4-8-19-15-27-12-10-20(19)16-29-23-11-13-28-26(31)25(23)24-14-21-18(3)7-5-9-22(21)30-24/h5,7,9-10,12,14-15,17,29-30H,4,6,8,11,13,16H2,1-3H3,(H,28,31). The van der Waals surface area contributed by atoms with Gasteiger partial charge in [0.2, 0.25) is 0 Å². The van der Waals surface area contributed by atoms with Crippen molar-refractivity contribution in [2.24, 2.45) is 5.92 Å². The molecule has 0 saturated heterocycles. The molecule has 1 aliphatic heterocycles. The lowest BCUT2D eigenvalue weighted by molar-refractivity contribution is -0.115. The van der Waals surface area contributed by atoms with Crippen molar-refractivity contribution < 1.29 is 4.79 Å². The quantitative estimate of drug-likeness (QED) is 0.491. The fraction of sp³-hybridized carbons (Fsp3) is 0.385. The van der Waals surface area contributed by atoms with E-state index in [0.717, 1.165) is 40.7 Å². The van der Waals surface area contributed by atoms with Crippen molar-refractivity contribution in [3.63, 3.8) is 0 Å². The average Bonchev–Trinajstić information content (AvgIpc) is 3.18. The van der Waals surface area contributed by atoms with E-state index in [1.807, 2.05) is 18.5 Å². The number of aromatic amines is 1. The Morgan fingerprint density at radius 3 is 2.87 bits per heavy atom. The summed E-state index contributed by atoms with van der Waals surface area (Å²) in [6.07, 6.45) is 8.06. The van der Waals surface area contributed by atoms with E-state index in [-0.39, 0.29) is 5.91 Å². The van der Waals surface area contributed by atoms with Crippen LogP contribution in [0.15, 0.2) is 48.4 Å². The summed E-state index contributed by atoms with van der Waals surface area (Å²) in [5, 5.41) is 7.74. The highest BCUT2D eigenvalue weighted by molar-refractivity contribution is 6.21. The highest BCUT2D eigenvalue weighted by atomic mass is 16.1. The minimum atomic E-state index is -0.0233. The number of fused-ring (bicyclic) bond motifs is 1. The Labute approximate surface area is 184 Å². The normalized spacial score (nSPS) is 14.4. The third-order valence-electron chi connectivity index (χ3n) is 6.07. The van der Waals surface area contributed by atoms with E-state index in [1.54, 1.807) is 0 Å². The molecule has 0 bridgehead atoms. The number of pyridine rings is 1. The lowest BCUT2D eigenvalue weighted by atomic mass is 9.99. The molecule has 3 N–H and O–H groups in total. The molecule has 5 nitrogen and oxygen atoms in total. The van der Waals surface area contributed by atoms with E-state index in [1.165, 1.54) is 29.5 Å². The fourth-order valence-corrected chi connectivity index (χ4v) is 4.31. The maximum Gasteiger partial charge on any atom is 0.255 e. The summed E-state index contributed by atoms with van der Waals surface area (Å²) in [6, 6.07) is 10.4. The molecule has 31 heavy (non-hydrogen) atoms. The van der Waals surface area contributed by atoms with Crippen LogP contribution in [0.4, 0.5) is 0 Å². The highest BCUT2D eigenvalue weighted by Crippen LogP contribution is 2.27. The van der Waals surface area contributed by atoms with Gasteiger partial charge in [-0.3, -0.25) is 9.78 Å². The number of carbonyl (C=O) groups excluding carboxylic acids is 1. The molecule has 2 aromatic heterocycles. The second kappa shape index (κ2) is 9.38. The number of hydrogen-bond donors (Lipinski definition) is 3. The van der Waals surface area contributed by atoms with Crippen molar-refractivity contribution in [2.75, 3.05) is 6.54 Å². The summed E-state index contributed by atoms with van der Waals surface area (Å²) < 4.78 is 0. The molecular formula is C26H32N4O. The van der Waals surface area contributed by atoms with Crippen molar-refractivity contribution in [1.82, 2.24) is 20.6 Å². The number of benzene rings is 1. The third-order valence-corrected chi connectivity index (χ3v) is 6.07. The molecule has 1 amide bonds. The smallest absolute Gasteiger partial charge is 0.255 e. The minimum absolute atomic E-state index is 0.0233. The van der Waals surface area contributed by atoms with Gasteiger partial charge in [0.15, 0.2) is 0 Å². The summed E-state index contributed by atoms with van der Waals surface area (Å²) in [4.78, 5) is 20.6. The number of rotatable bonds is 8. The maximum absolute atomic E-state index is 12.8. The molecule has 0 saturated carbocycles. The van der Waals surface area contributed by atoms with Crippen LogP contribution in [0.2, 0.25) is 0 Å². The number of carbonyl (C=O) groups is 1. The molecular weight excluding hydrogens is 384 g/mol. The second-order valence-corrected chi connectivity index (χ2v) is 8.86. The van der Waals surface area contributed by atoms with Gasteiger partial charge in [0.05, 0.1) is 11.3 Å². The minimum Gasteiger partial charge on any atom is -0.383 e. The van der Waals surface area contributed by atoms with E-state index < -0.39 is 0 Å². The van der Waals surface area contributed by atoms with E-state index in [0.29, 0.717) is 19.0 Å². The van der Waals surface area contributed by atoms with Gasteiger partial charge < -0.3 is 15.6 Å². The summed E-state index contributed by atoms with van der Waals surface area (Å²) in [7, 11) is 0. The third kappa shape index (κ3) is 4.82. The molecule has 0 unspecified atom stereocenters. The van der Waals surface area contributed by atoms with E-state index >= 15 is 0 Å². The molecule has 3 aromatic rings. The molecule has 0 spiro atoms.